The van der Waals surface area contributed by atoms with Crippen LogP contribution in [-0.2, 0) is 0 Å². The highest BCUT2D eigenvalue weighted by atomic mass is 16.5. The van der Waals surface area contributed by atoms with Crippen LogP contribution in [0.5, 0.6) is 11.5 Å². The molecule has 0 bridgehead atoms. The van der Waals surface area contributed by atoms with E-state index in [9.17, 15) is 0 Å². The van der Waals surface area contributed by atoms with Crippen molar-refractivity contribution in [2.75, 3.05) is 19.8 Å². The summed E-state index contributed by atoms with van der Waals surface area (Å²) in [4.78, 5) is 0. The summed E-state index contributed by atoms with van der Waals surface area (Å²) in [6.45, 7) is 8.78. The molecule has 102 valence electrons. The van der Waals surface area contributed by atoms with Gasteiger partial charge in [-0.05, 0) is 50.6 Å². The summed E-state index contributed by atoms with van der Waals surface area (Å²) in [7, 11) is 0. The molecule has 1 N–H and O–H groups in total. The van der Waals surface area contributed by atoms with Crippen LogP contribution < -0.4 is 14.8 Å². The minimum atomic E-state index is 0.427. The van der Waals surface area contributed by atoms with Crippen molar-refractivity contribution < 1.29 is 9.47 Å². The molecule has 3 heteroatoms. The van der Waals surface area contributed by atoms with E-state index >= 15 is 0 Å². The fourth-order valence-corrected chi connectivity index (χ4v) is 1.67. The van der Waals surface area contributed by atoms with Gasteiger partial charge in [-0.1, -0.05) is 13.8 Å². The summed E-state index contributed by atoms with van der Waals surface area (Å²) < 4.78 is 11.2. The monoisotopic (exact) mass is 251 g/mol. The quantitative estimate of drug-likeness (QED) is 0.731. The first-order valence-corrected chi connectivity index (χ1v) is 6.89. The Kier molecular flexibility index (Phi) is 7.26. The molecule has 0 saturated heterocycles. The lowest BCUT2D eigenvalue weighted by Crippen LogP contribution is -2.34. The highest BCUT2D eigenvalue weighted by molar-refractivity contribution is 5.31. The van der Waals surface area contributed by atoms with Gasteiger partial charge in [-0.25, -0.2) is 0 Å². The van der Waals surface area contributed by atoms with Crippen LogP contribution in [0.25, 0.3) is 0 Å². The van der Waals surface area contributed by atoms with Gasteiger partial charge in [0.1, 0.15) is 18.1 Å². The minimum absolute atomic E-state index is 0.427. The molecule has 1 aromatic carbocycles. The zero-order valence-electron chi connectivity index (χ0n) is 11.7. The van der Waals surface area contributed by atoms with Crippen molar-refractivity contribution in [2.45, 2.75) is 39.7 Å². The highest BCUT2D eigenvalue weighted by Crippen LogP contribution is 2.17. The summed E-state index contributed by atoms with van der Waals surface area (Å²) in [6.07, 6.45) is 2.23. The van der Waals surface area contributed by atoms with E-state index in [1.54, 1.807) is 0 Å². The second-order valence-electron chi connectivity index (χ2n) is 4.27. The van der Waals surface area contributed by atoms with Crippen LogP contribution in [-0.4, -0.2) is 25.8 Å². The van der Waals surface area contributed by atoms with Gasteiger partial charge in [0.15, 0.2) is 0 Å². The van der Waals surface area contributed by atoms with Crippen molar-refractivity contribution in [3.63, 3.8) is 0 Å². The lowest BCUT2D eigenvalue weighted by molar-refractivity contribution is 0.260. The number of ether oxygens (including phenoxy) is 2. The SMILES string of the molecule is CCCNC(CC)COc1ccc(OCC)cc1. The Balaban J connectivity index is 2.37. The van der Waals surface area contributed by atoms with E-state index < -0.39 is 0 Å². The third-order valence-corrected chi connectivity index (χ3v) is 2.76. The molecule has 0 saturated carbocycles. The molecule has 0 amide bonds. The molecular weight excluding hydrogens is 226 g/mol. The Labute approximate surface area is 110 Å². The maximum Gasteiger partial charge on any atom is 0.119 e. The molecule has 0 radical (unpaired) electrons. The van der Waals surface area contributed by atoms with Gasteiger partial charge in [-0.3, -0.25) is 0 Å². The first-order chi connectivity index (χ1) is 8.80. The first kappa shape index (κ1) is 14.8. The van der Waals surface area contributed by atoms with Crippen LogP contribution in [0.15, 0.2) is 24.3 Å². The number of hydrogen-bond acceptors (Lipinski definition) is 3. The van der Waals surface area contributed by atoms with Crippen LogP contribution in [0, 0.1) is 0 Å². The molecule has 1 atom stereocenters. The minimum Gasteiger partial charge on any atom is -0.494 e. The Morgan fingerprint density at radius 1 is 1.00 bits per heavy atom. The van der Waals surface area contributed by atoms with Crippen LogP contribution in [0.4, 0.5) is 0 Å². The van der Waals surface area contributed by atoms with E-state index in [1.165, 1.54) is 0 Å². The van der Waals surface area contributed by atoms with Gasteiger partial charge < -0.3 is 14.8 Å². The second kappa shape index (κ2) is 8.81. The van der Waals surface area contributed by atoms with Crippen LogP contribution in [0.2, 0.25) is 0 Å². The summed E-state index contributed by atoms with van der Waals surface area (Å²) >= 11 is 0. The van der Waals surface area contributed by atoms with Gasteiger partial charge in [-0.15, -0.1) is 0 Å². The average Bonchev–Trinajstić information content (AvgIpc) is 2.41. The van der Waals surface area contributed by atoms with Crippen molar-refractivity contribution in [2.24, 2.45) is 0 Å². The topological polar surface area (TPSA) is 30.5 Å². The Hall–Kier alpha value is -1.22. The third kappa shape index (κ3) is 5.41. The zero-order chi connectivity index (χ0) is 13.2. The lowest BCUT2D eigenvalue weighted by atomic mass is 10.2. The van der Waals surface area contributed by atoms with Crippen molar-refractivity contribution in [3.05, 3.63) is 24.3 Å². The van der Waals surface area contributed by atoms with E-state index in [0.29, 0.717) is 19.3 Å². The van der Waals surface area contributed by atoms with Crippen molar-refractivity contribution >= 4 is 0 Å². The molecule has 1 rings (SSSR count). The fourth-order valence-electron chi connectivity index (χ4n) is 1.67. The van der Waals surface area contributed by atoms with Gasteiger partial charge in [0.2, 0.25) is 0 Å². The zero-order valence-corrected chi connectivity index (χ0v) is 11.7. The summed E-state index contributed by atoms with van der Waals surface area (Å²) in [5.41, 5.74) is 0. The largest absolute Gasteiger partial charge is 0.494 e. The molecule has 0 heterocycles. The van der Waals surface area contributed by atoms with Gasteiger partial charge >= 0.3 is 0 Å². The Bertz CT molecular complexity index is 311. The predicted octanol–water partition coefficient (Wildman–Crippen LogP) is 3.24. The normalized spacial score (nSPS) is 12.2. The third-order valence-electron chi connectivity index (χ3n) is 2.76. The van der Waals surface area contributed by atoms with Gasteiger partial charge in [-0.2, -0.15) is 0 Å². The first-order valence-electron chi connectivity index (χ1n) is 6.89. The molecule has 0 aliphatic carbocycles. The number of hydrogen-bond donors (Lipinski definition) is 1. The van der Waals surface area contributed by atoms with Crippen LogP contribution >= 0.6 is 0 Å². The number of benzene rings is 1. The maximum atomic E-state index is 5.77. The van der Waals surface area contributed by atoms with E-state index in [1.807, 2.05) is 31.2 Å². The van der Waals surface area contributed by atoms with E-state index in [2.05, 4.69) is 19.2 Å². The summed E-state index contributed by atoms with van der Waals surface area (Å²) in [6, 6.07) is 8.23. The molecule has 18 heavy (non-hydrogen) atoms. The van der Waals surface area contributed by atoms with Crippen LogP contribution in [0.1, 0.15) is 33.6 Å². The van der Waals surface area contributed by atoms with Gasteiger partial charge in [0.25, 0.3) is 0 Å². The molecule has 0 fully saturated rings. The second-order valence-corrected chi connectivity index (χ2v) is 4.27. The molecule has 0 aromatic heterocycles. The molecular formula is C15H25NO2. The molecule has 3 nitrogen and oxygen atoms in total. The van der Waals surface area contributed by atoms with Gasteiger partial charge in [0.05, 0.1) is 6.61 Å². The Morgan fingerprint density at radius 2 is 1.61 bits per heavy atom. The smallest absolute Gasteiger partial charge is 0.119 e. The highest BCUT2D eigenvalue weighted by Gasteiger charge is 2.05. The molecule has 0 aliphatic rings. The Morgan fingerprint density at radius 3 is 2.11 bits per heavy atom. The summed E-state index contributed by atoms with van der Waals surface area (Å²) in [5, 5.41) is 3.47. The lowest BCUT2D eigenvalue weighted by Gasteiger charge is -2.17. The van der Waals surface area contributed by atoms with Gasteiger partial charge in [0, 0.05) is 6.04 Å². The standard InChI is InChI=1S/C15H25NO2/c1-4-11-16-13(5-2)12-18-15-9-7-14(8-10-15)17-6-3/h7-10,13,16H,4-6,11-12H2,1-3H3. The predicted molar refractivity (Wildman–Crippen MR) is 75.5 cm³/mol. The molecule has 1 aromatic rings. The van der Waals surface area contributed by atoms with Crippen molar-refractivity contribution in [1.29, 1.82) is 0 Å². The fraction of sp³-hybridized carbons (Fsp3) is 0.600. The average molecular weight is 251 g/mol. The van der Waals surface area contributed by atoms with Crippen molar-refractivity contribution in [3.8, 4) is 11.5 Å². The van der Waals surface area contributed by atoms with E-state index in [4.69, 9.17) is 9.47 Å². The van der Waals surface area contributed by atoms with Crippen LogP contribution in [0.3, 0.4) is 0 Å². The maximum absolute atomic E-state index is 5.77. The summed E-state index contributed by atoms with van der Waals surface area (Å²) in [5.74, 6) is 1.79. The van der Waals surface area contributed by atoms with Crippen molar-refractivity contribution in [1.82, 2.24) is 5.32 Å². The molecule has 0 spiro atoms. The number of rotatable bonds is 9. The van der Waals surface area contributed by atoms with E-state index in [-0.39, 0.29) is 0 Å². The number of nitrogens with one attached hydrogen (secondary N) is 1. The van der Waals surface area contributed by atoms with E-state index in [0.717, 1.165) is 30.9 Å². The molecule has 1 unspecified atom stereocenters. The molecule has 0 aliphatic heterocycles.